The van der Waals surface area contributed by atoms with Crippen LogP contribution in [0.25, 0.3) is 0 Å². The number of morpholine rings is 1. The van der Waals surface area contributed by atoms with Crippen LogP contribution in [0.1, 0.15) is 6.92 Å². The van der Waals surface area contributed by atoms with Gasteiger partial charge in [0.1, 0.15) is 6.54 Å². The zero-order valence-electron chi connectivity index (χ0n) is 12.0. The number of hydrogen-bond donors (Lipinski definition) is 1. The monoisotopic (exact) mass is 357 g/mol. The third-order valence-corrected chi connectivity index (χ3v) is 3.77. The highest BCUT2D eigenvalue weighted by Gasteiger charge is 2.15. The van der Waals surface area contributed by atoms with Crippen molar-refractivity contribution in [1.82, 2.24) is 14.8 Å². The number of ether oxygens (including phenoxy) is 1. The Labute approximate surface area is 132 Å². The first kappa shape index (κ1) is 16.2. The van der Waals surface area contributed by atoms with Crippen LogP contribution in [0.4, 0.5) is 0 Å². The van der Waals surface area contributed by atoms with Crippen molar-refractivity contribution in [2.24, 2.45) is 0 Å². The number of nitrogens with one attached hydrogen (secondary N) is 1. The molecule has 0 aromatic carbocycles. The van der Waals surface area contributed by atoms with Crippen LogP contribution in [-0.2, 0) is 16.1 Å². The second-order valence-corrected chi connectivity index (χ2v) is 6.11. The molecule has 6 nitrogen and oxygen atoms in total. The Morgan fingerprint density at radius 2 is 2.14 bits per heavy atom. The van der Waals surface area contributed by atoms with Gasteiger partial charge in [-0.15, -0.1) is 0 Å². The van der Waals surface area contributed by atoms with E-state index in [1.165, 1.54) is 10.6 Å². The van der Waals surface area contributed by atoms with Gasteiger partial charge in [-0.05, 0) is 28.9 Å². The summed E-state index contributed by atoms with van der Waals surface area (Å²) in [5, 5.41) is 2.93. The lowest BCUT2D eigenvalue weighted by Gasteiger charge is -2.29. The first-order chi connectivity index (χ1) is 10.0. The van der Waals surface area contributed by atoms with Crippen molar-refractivity contribution >= 4 is 21.8 Å². The average molecular weight is 358 g/mol. The maximum atomic E-state index is 12.0. The van der Waals surface area contributed by atoms with Crippen LogP contribution in [-0.4, -0.2) is 54.3 Å². The Hall–Kier alpha value is -1.18. The fraction of sp³-hybridized carbons (Fsp3) is 0.571. The van der Waals surface area contributed by atoms with Crippen molar-refractivity contribution in [3.05, 3.63) is 33.2 Å². The van der Waals surface area contributed by atoms with Crippen LogP contribution in [0.15, 0.2) is 27.6 Å². The Morgan fingerprint density at radius 3 is 2.86 bits per heavy atom. The minimum Gasteiger partial charge on any atom is -0.379 e. The predicted octanol–water partition coefficient (Wildman–Crippen LogP) is 0.448. The van der Waals surface area contributed by atoms with Gasteiger partial charge in [-0.3, -0.25) is 14.5 Å². The van der Waals surface area contributed by atoms with E-state index < -0.39 is 0 Å². The van der Waals surface area contributed by atoms with Gasteiger partial charge in [-0.25, -0.2) is 0 Å². The van der Waals surface area contributed by atoms with Crippen LogP contribution in [0.3, 0.4) is 0 Å². The van der Waals surface area contributed by atoms with E-state index in [4.69, 9.17) is 4.74 Å². The summed E-state index contributed by atoms with van der Waals surface area (Å²) in [6, 6.07) is 3.14. The predicted molar refractivity (Wildman–Crippen MR) is 83.3 cm³/mol. The quantitative estimate of drug-likeness (QED) is 0.830. The van der Waals surface area contributed by atoms with Gasteiger partial charge in [0.05, 0.1) is 13.2 Å². The van der Waals surface area contributed by atoms with Gasteiger partial charge in [-0.2, -0.15) is 0 Å². The largest absolute Gasteiger partial charge is 0.379 e. The molecule has 1 atom stereocenters. The van der Waals surface area contributed by atoms with E-state index >= 15 is 0 Å². The summed E-state index contributed by atoms with van der Waals surface area (Å²) in [6.07, 6.45) is 1.62. The molecule has 0 aliphatic carbocycles. The molecule has 1 aliphatic heterocycles. The van der Waals surface area contributed by atoms with Gasteiger partial charge in [-0.1, -0.05) is 0 Å². The number of carbonyl (C=O) groups excluding carboxylic acids is 1. The number of aromatic nitrogens is 1. The Morgan fingerprint density at radius 1 is 1.43 bits per heavy atom. The van der Waals surface area contributed by atoms with Crippen molar-refractivity contribution < 1.29 is 9.53 Å². The molecule has 1 saturated heterocycles. The van der Waals surface area contributed by atoms with Crippen LogP contribution >= 0.6 is 15.9 Å². The highest BCUT2D eigenvalue weighted by Crippen LogP contribution is 2.04. The average Bonchev–Trinajstić information content (AvgIpc) is 2.43. The number of pyridine rings is 1. The summed E-state index contributed by atoms with van der Waals surface area (Å²) >= 11 is 3.29. The Kier molecular flexibility index (Phi) is 5.96. The number of hydrogen-bond acceptors (Lipinski definition) is 4. The van der Waals surface area contributed by atoms with Crippen LogP contribution < -0.4 is 10.9 Å². The second kappa shape index (κ2) is 7.72. The highest BCUT2D eigenvalue weighted by molar-refractivity contribution is 9.10. The van der Waals surface area contributed by atoms with Crippen LogP contribution in [0.2, 0.25) is 0 Å². The van der Waals surface area contributed by atoms with E-state index in [0.717, 1.165) is 37.3 Å². The molecule has 116 valence electrons. The van der Waals surface area contributed by atoms with Crippen LogP contribution in [0, 0.1) is 0 Å². The molecule has 0 bridgehead atoms. The highest BCUT2D eigenvalue weighted by atomic mass is 79.9. The molecule has 1 amide bonds. The third-order valence-electron chi connectivity index (χ3n) is 3.30. The van der Waals surface area contributed by atoms with E-state index in [2.05, 4.69) is 26.1 Å². The fourth-order valence-electron chi connectivity index (χ4n) is 2.32. The van der Waals surface area contributed by atoms with E-state index in [1.54, 1.807) is 12.3 Å². The van der Waals surface area contributed by atoms with Gasteiger partial charge in [0, 0.05) is 42.4 Å². The molecule has 1 aromatic rings. The topological polar surface area (TPSA) is 63.6 Å². The molecule has 21 heavy (non-hydrogen) atoms. The van der Waals surface area contributed by atoms with Gasteiger partial charge < -0.3 is 14.6 Å². The molecule has 0 spiro atoms. The maximum Gasteiger partial charge on any atom is 0.251 e. The molecule has 7 heteroatoms. The van der Waals surface area contributed by atoms with E-state index in [1.807, 2.05) is 6.92 Å². The van der Waals surface area contributed by atoms with Crippen molar-refractivity contribution in [2.75, 3.05) is 32.8 Å². The molecule has 2 heterocycles. The maximum absolute atomic E-state index is 12.0. The van der Waals surface area contributed by atoms with Crippen molar-refractivity contribution in [3.63, 3.8) is 0 Å². The normalized spacial score (nSPS) is 17.4. The molecular weight excluding hydrogens is 338 g/mol. The van der Waals surface area contributed by atoms with Crippen LogP contribution in [0.5, 0.6) is 0 Å². The van der Waals surface area contributed by atoms with Crippen molar-refractivity contribution in [1.29, 1.82) is 0 Å². The molecule has 1 aliphatic rings. The zero-order chi connectivity index (χ0) is 15.2. The standard InChI is InChI=1S/C14H20BrN3O3/c1-11(8-17-4-6-21-7-5-17)16-13(19)10-18-9-12(15)2-3-14(18)20/h2-3,9,11H,4-8,10H2,1H3,(H,16,19)/t11-/m1/s1. The second-order valence-electron chi connectivity index (χ2n) is 5.19. The number of rotatable bonds is 5. The lowest BCUT2D eigenvalue weighted by atomic mass is 10.3. The number of amides is 1. The molecule has 2 rings (SSSR count). The van der Waals surface area contributed by atoms with Gasteiger partial charge in [0.25, 0.3) is 5.56 Å². The van der Waals surface area contributed by atoms with Gasteiger partial charge in [0.15, 0.2) is 0 Å². The summed E-state index contributed by atoms with van der Waals surface area (Å²) in [6.45, 7) is 6.07. The summed E-state index contributed by atoms with van der Waals surface area (Å²) in [4.78, 5) is 25.9. The SMILES string of the molecule is C[C@H](CN1CCOCC1)NC(=O)Cn1cc(Br)ccc1=O. The molecule has 1 N–H and O–H groups in total. The molecule has 1 fully saturated rings. The molecule has 0 unspecified atom stereocenters. The molecule has 1 aromatic heterocycles. The minimum absolute atomic E-state index is 0.0335. The number of nitrogens with zero attached hydrogens (tertiary/aromatic N) is 2. The van der Waals surface area contributed by atoms with Crippen molar-refractivity contribution in [3.8, 4) is 0 Å². The summed E-state index contributed by atoms with van der Waals surface area (Å²) in [5.41, 5.74) is -0.186. The Balaban J connectivity index is 1.83. The lowest BCUT2D eigenvalue weighted by molar-refractivity contribution is -0.122. The molecular formula is C14H20BrN3O3. The van der Waals surface area contributed by atoms with Crippen molar-refractivity contribution in [2.45, 2.75) is 19.5 Å². The van der Waals surface area contributed by atoms with Gasteiger partial charge in [0.2, 0.25) is 5.91 Å². The van der Waals surface area contributed by atoms with E-state index in [0.29, 0.717) is 0 Å². The smallest absolute Gasteiger partial charge is 0.251 e. The number of carbonyl (C=O) groups is 1. The summed E-state index contributed by atoms with van der Waals surface area (Å²) < 4.78 is 7.46. The Bertz CT molecular complexity index is 541. The van der Waals surface area contributed by atoms with Gasteiger partial charge >= 0.3 is 0 Å². The summed E-state index contributed by atoms with van der Waals surface area (Å²) in [5.74, 6) is -0.157. The lowest BCUT2D eigenvalue weighted by Crippen LogP contribution is -2.47. The fourth-order valence-corrected chi connectivity index (χ4v) is 2.70. The van der Waals surface area contributed by atoms with E-state index in [-0.39, 0.29) is 24.1 Å². The minimum atomic E-state index is -0.186. The molecule has 0 radical (unpaired) electrons. The first-order valence-electron chi connectivity index (χ1n) is 7.00. The first-order valence-corrected chi connectivity index (χ1v) is 7.79. The zero-order valence-corrected chi connectivity index (χ0v) is 13.6. The third kappa shape index (κ3) is 5.26. The van der Waals surface area contributed by atoms with E-state index in [9.17, 15) is 9.59 Å². The molecule has 0 saturated carbocycles. The summed E-state index contributed by atoms with van der Waals surface area (Å²) in [7, 11) is 0. The number of halogens is 1.